The van der Waals surface area contributed by atoms with Crippen molar-refractivity contribution in [3.8, 4) is 0 Å². The van der Waals surface area contributed by atoms with Crippen molar-refractivity contribution in [2.75, 3.05) is 0 Å². The highest BCUT2D eigenvalue weighted by atomic mass is 14.6. The van der Waals surface area contributed by atoms with Gasteiger partial charge in [-0.3, -0.25) is 0 Å². The molecule has 3 unspecified atom stereocenters. The van der Waals surface area contributed by atoms with Crippen LogP contribution in [0.15, 0.2) is 0 Å². The minimum Gasteiger partial charge on any atom is -0.0651 e. The van der Waals surface area contributed by atoms with Gasteiger partial charge in [-0.05, 0) is 36.0 Å². The van der Waals surface area contributed by atoms with E-state index in [1.54, 1.807) is 0 Å². The normalized spacial score (nSPS) is 35.1. The fraction of sp³-hybridized carbons (Fsp3) is 1.00. The summed E-state index contributed by atoms with van der Waals surface area (Å²) in [5.41, 5.74) is 0.754. The molecule has 13 heavy (non-hydrogen) atoms. The molecule has 0 radical (unpaired) electrons. The van der Waals surface area contributed by atoms with Gasteiger partial charge in [0, 0.05) is 0 Å². The lowest BCUT2D eigenvalue weighted by Gasteiger charge is -2.20. The monoisotopic (exact) mass is 182 g/mol. The molecule has 0 aromatic heterocycles. The Morgan fingerprint density at radius 2 is 1.85 bits per heavy atom. The van der Waals surface area contributed by atoms with Gasteiger partial charge in [0.2, 0.25) is 0 Å². The standard InChI is InChI=1S/C13H26/c1-6-11(5)12-9-13(12,7-2)8-10(3)4/h10-12H,6-9H2,1-5H3. The molecule has 0 nitrogen and oxygen atoms in total. The van der Waals surface area contributed by atoms with E-state index >= 15 is 0 Å². The van der Waals surface area contributed by atoms with E-state index < -0.39 is 0 Å². The molecule has 0 aromatic carbocycles. The molecule has 0 bridgehead atoms. The summed E-state index contributed by atoms with van der Waals surface area (Å²) in [6.07, 6.45) is 5.74. The highest BCUT2D eigenvalue weighted by molar-refractivity contribution is 5.03. The van der Waals surface area contributed by atoms with Crippen molar-refractivity contribution in [1.82, 2.24) is 0 Å². The lowest BCUT2D eigenvalue weighted by molar-refractivity contribution is 0.302. The van der Waals surface area contributed by atoms with Crippen LogP contribution in [-0.4, -0.2) is 0 Å². The summed E-state index contributed by atoms with van der Waals surface area (Å²) < 4.78 is 0. The molecule has 0 aliphatic heterocycles. The molecule has 3 atom stereocenters. The Balaban J connectivity index is 2.48. The Kier molecular flexibility index (Phi) is 3.43. The first kappa shape index (κ1) is 11.1. The average Bonchev–Trinajstić information content (AvgIpc) is 2.78. The molecule has 0 heterocycles. The summed E-state index contributed by atoms with van der Waals surface area (Å²) in [5, 5.41) is 0. The summed E-state index contributed by atoms with van der Waals surface area (Å²) >= 11 is 0. The Morgan fingerprint density at radius 1 is 1.23 bits per heavy atom. The molecule has 1 aliphatic carbocycles. The predicted molar refractivity (Wildman–Crippen MR) is 59.7 cm³/mol. The van der Waals surface area contributed by atoms with Crippen LogP contribution in [0.25, 0.3) is 0 Å². The third kappa shape index (κ3) is 2.27. The van der Waals surface area contributed by atoms with Crippen LogP contribution < -0.4 is 0 Å². The van der Waals surface area contributed by atoms with E-state index in [1.165, 1.54) is 25.7 Å². The third-order valence-electron chi connectivity index (χ3n) is 4.10. The van der Waals surface area contributed by atoms with Crippen LogP contribution in [0.4, 0.5) is 0 Å². The number of rotatable bonds is 5. The van der Waals surface area contributed by atoms with E-state index in [2.05, 4.69) is 34.6 Å². The molecule has 1 aliphatic rings. The Bertz CT molecular complexity index is 159. The predicted octanol–water partition coefficient (Wildman–Crippen LogP) is 4.49. The minimum absolute atomic E-state index is 0.754. The molecule has 1 rings (SSSR count). The van der Waals surface area contributed by atoms with Crippen LogP contribution in [-0.2, 0) is 0 Å². The molecular formula is C13H26. The molecular weight excluding hydrogens is 156 g/mol. The van der Waals surface area contributed by atoms with Crippen LogP contribution in [0.3, 0.4) is 0 Å². The second-order valence-electron chi connectivity index (χ2n) is 5.51. The van der Waals surface area contributed by atoms with Crippen molar-refractivity contribution in [2.24, 2.45) is 23.2 Å². The van der Waals surface area contributed by atoms with Gasteiger partial charge in [0.15, 0.2) is 0 Å². The number of hydrogen-bond donors (Lipinski definition) is 0. The Labute approximate surface area is 84.1 Å². The van der Waals surface area contributed by atoms with E-state index in [9.17, 15) is 0 Å². The van der Waals surface area contributed by atoms with Gasteiger partial charge in [-0.1, -0.05) is 47.5 Å². The summed E-state index contributed by atoms with van der Waals surface area (Å²) in [5.74, 6) is 2.89. The molecule has 1 saturated carbocycles. The van der Waals surface area contributed by atoms with Crippen molar-refractivity contribution < 1.29 is 0 Å². The van der Waals surface area contributed by atoms with Crippen molar-refractivity contribution in [1.29, 1.82) is 0 Å². The molecule has 78 valence electrons. The SMILES string of the molecule is CCC(C)C1CC1(CC)CC(C)C. The van der Waals surface area contributed by atoms with Crippen molar-refractivity contribution in [3.63, 3.8) is 0 Å². The third-order valence-corrected chi connectivity index (χ3v) is 4.10. The number of hydrogen-bond acceptors (Lipinski definition) is 0. The van der Waals surface area contributed by atoms with E-state index in [0.29, 0.717) is 0 Å². The minimum atomic E-state index is 0.754. The fourth-order valence-corrected chi connectivity index (χ4v) is 3.07. The van der Waals surface area contributed by atoms with Gasteiger partial charge in [-0.2, -0.15) is 0 Å². The quantitative estimate of drug-likeness (QED) is 0.587. The highest BCUT2D eigenvalue weighted by Gasteiger charge is 2.53. The lowest BCUT2D eigenvalue weighted by Crippen LogP contribution is -2.10. The summed E-state index contributed by atoms with van der Waals surface area (Å²) in [6, 6.07) is 0. The van der Waals surface area contributed by atoms with Crippen LogP contribution in [0.1, 0.15) is 60.3 Å². The Hall–Kier alpha value is 0. The van der Waals surface area contributed by atoms with Crippen LogP contribution in [0.5, 0.6) is 0 Å². The average molecular weight is 182 g/mol. The zero-order valence-electron chi connectivity index (χ0n) is 10.1. The lowest BCUT2D eigenvalue weighted by atomic mass is 9.85. The van der Waals surface area contributed by atoms with Crippen LogP contribution in [0, 0.1) is 23.2 Å². The summed E-state index contributed by atoms with van der Waals surface area (Å²) in [4.78, 5) is 0. The topological polar surface area (TPSA) is 0 Å². The van der Waals surface area contributed by atoms with E-state index in [0.717, 1.165) is 23.2 Å². The molecule has 0 aromatic rings. The molecule has 0 saturated heterocycles. The fourth-order valence-electron chi connectivity index (χ4n) is 3.07. The van der Waals surface area contributed by atoms with Gasteiger partial charge in [0.05, 0.1) is 0 Å². The maximum Gasteiger partial charge on any atom is -0.0264 e. The molecule has 0 N–H and O–H groups in total. The largest absolute Gasteiger partial charge is 0.0651 e. The zero-order valence-corrected chi connectivity index (χ0v) is 10.1. The molecule has 0 heteroatoms. The molecule has 0 spiro atoms. The van der Waals surface area contributed by atoms with Gasteiger partial charge in [0.25, 0.3) is 0 Å². The van der Waals surface area contributed by atoms with Crippen molar-refractivity contribution in [3.05, 3.63) is 0 Å². The Morgan fingerprint density at radius 3 is 2.23 bits per heavy atom. The van der Waals surface area contributed by atoms with Gasteiger partial charge < -0.3 is 0 Å². The van der Waals surface area contributed by atoms with Crippen molar-refractivity contribution in [2.45, 2.75) is 60.3 Å². The summed E-state index contributed by atoms with van der Waals surface area (Å²) in [7, 11) is 0. The van der Waals surface area contributed by atoms with E-state index in [4.69, 9.17) is 0 Å². The highest BCUT2D eigenvalue weighted by Crippen LogP contribution is 2.62. The second kappa shape index (κ2) is 4.02. The second-order valence-corrected chi connectivity index (χ2v) is 5.51. The zero-order chi connectivity index (χ0) is 10.1. The van der Waals surface area contributed by atoms with Crippen LogP contribution in [0.2, 0.25) is 0 Å². The van der Waals surface area contributed by atoms with Crippen LogP contribution >= 0.6 is 0 Å². The van der Waals surface area contributed by atoms with Gasteiger partial charge in [0.1, 0.15) is 0 Å². The van der Waals surface area contributed by atoms with E-state index in [-0.39, 0.29) is 0 Å². The van der Waals surface area contributed by atoms with Gasteiger partial charge >= 0.3 is 0 Å². The van der Waals surface area contributed by atoms with E-state index in [1.807, 2.05) is 0 Å². The van der Waals surface area contributed by atoms with Crippen molar-refractivity contribution >= 4 is 0 Å². The summed E-state index contributed by atoms with van der Waals surface area (Å²) in [6.45, 7) is 11.9. The maximum atomic E-state index is 2.43. The van der Waals surface area contributed by atoms with Gasteiger partial charge in [-0.15, -0.1) is 0 Å². The maximum absolute atomic E-state index is 2.43. The first-order chi connectivity index (χ1) is 6.05. The van der Waals surface area contributed by atoms with Gasteiger partial charge in [-0.25, -0.2) is 0 Å². The molecule has 1 fully saturated rings. The smallest absolute Gasteiger partial charge is 0.0264 e. The first-order valence-electron chi connectivity index (χ1n) is 6.05. The molecule has 0 amide bonds. The first-order valence-corrected chi connectivity index (χ1v) is 6.05.